The van der Waals surface area contributed by atoms with E-state index in [2.05, 4.69) is 0 Å². The van der Waals surface area contributed by atoms with Gasteiger partial charge in [0, 0.05) is 20.6 Å². The summed E-state index contributed by atoms with van der Waals surface area (Å²) in [6, 6.07) is 0. The van der Waals surface area contributed by atoms with Crippen molar-refractivity contribution < 1.29 is 14.6 Å². The van der Waals surface area contributed by atoms with E-state index in [1.54, 1.807) is 14.2 Å². The molecule has 0 unspecified atom stereocenters. The van der Waals surface area contributed by atoms with Crippen molar-refractivity contribution in [2.24, 2.45) is 0 Å². The standard InChI is InChI=1S/C12H22O3S2/c1-14-9-6-11(15-2)10(13)8-12(7-9)16-4-3-5-17-12/h9-11,13H,3-8H2,1-2H3/t9-,10-,11-/m0/s1. The molecule has 0 bridgehead atoms. The molecule has 0 aromatic heterocycles. The Kier molecular flexibility index (Phi) is 5.06. The molecule has 1 aliphatic carbocycles. The molecule has 0 aromatic carbocycles. The third-order valence-electron chi connectivity index (χ3n) is 3.64. The highest BCUT2D eigenvalue weighted by molar-refractivity contribution is 8.18. The van der Waals surface area contributed by atoms with E-state index < -0.39 is 0 Å². The summed E-state index contributed by atoms with van der Waals surface area (Å²) in [4.78, 5) is 0. The Bertz CT molecular complexity index is 240. The average Bonchev–Trinajstić information content (AvgIpc) is 2.47. The van der Waals surface area contributed by atoms with Crippen LogP contribution in [0.1, 0.15) is 25.7 Å². The van der Waals surface area contributed by atoms with Crippen LogP contribution in [-0.2, 0) is 9.47 Å². The first-order valence-corrected chi connectivity index (χ1v) is 8.18. The average molecular weight is 278 g/mol. The SMILES string of the molecule is CO[C@H]1C[C@H](OC)[C@@H](O)CC2(C1)SCCCS2. The molecule has 2 fully saturated rings. The topological polar surface area (TPSA) is 38.7 Å². The fourth-order valence-corrected chi connectivity index (χ4v) is 6.19. The monoisotopic (exact) mass is 278 g/mol. The van der Waals surface area contributed by atoms with Crippen molar-refractivity contribution >= 4 is 23.5 Å². The van der Waals surface area contributed by atoms with Crippen molar-refractivity contribution in [2.45, 2.75) is 48.1 Å². The molecule has 2 aliphatic rings. The maximum atomic E-state index is 10.3. The van der Waals surface area contributed by atoms with Crippen molar-refractivity contribution in [3.63, 3.8) is 0 Å². The zero-order valence-electron chi connectivity index (χ0n) is 10.6. The predicted octanol–water partition coefficient (Wildman–Crippen LogP) is 2.13. The largest absolute Gasteiger partial charge is 0.390 e. The first-order chi connectivity index (χ1) is 8.19. The number of hydrogen-bond acceptors (Lipinski definition) is 5. The molecule has 1 saturated heterocycles. The van der Waals surface area contributed by atoms with Crippen LogP contribution in [0.3, 0.4) is 0 Å². The summed E-state index contributed by atoms with van der Waals surface area (Å²) in [5.74, 6) is 2.40. The van der Waals surface area contributed by atoms with E-state index in [0.717, 1.165) is 19.3 Å². The lowest BCUT2D eigenvalue weighted by Crippen LogP contribution is -2.33. The summed E-state index contributed by atoms with van der Waals surface area (Å²) in [7, 11) is 3.45. The van der Waals surface area contributed by atoms with Gasteiger partial charge in [-0.25, -0.2) is 0 Å². The number of rotatable bonds is 2. The molecule has 0 amide bonds. The Morgan fingerprint density at radius 1 is 1.12 bits per heavy atom. The van der Waals surface area contributed by atoms with Gasteiger partial charge in [-0.3, -0.25) is 0 Å². The molecule has 1 saturated carbocycles. The maximum absolute atomic E-state index is 10.3. The van der Waals surface area contributed by atoms with Crippen LogP contribution < -0.4 is 0 Å². The van der Waals surface area contributed by atoms with Crippen LogP contribution in [0.2, 0.25) is 0 Å². The minimum Gasteiger partial charge on any atom is -0.390 e. The van der Waals surface area contributed by atoms with Crippen molar-refractivity contribution in [3.8, 4) is 0 Å². The molecule has 3 atom stereocenters. The van der Waals surface area contributed by atoms with Gasteiger partial charge in [0.15, 0.2) is 0 Å². The van der Waals surface area contributed by atoms with E-state index >= 15 is 0 Å². The smallest absolute Gasteiger partial charge is 0.0855 e. The van der Waals surface area contributed by atoms with Crippen LogP contribution in [0.4, 0.5) is 0 Å². The lowest BCUT2D eigenvalue weighted by Gasteiger charge is -2.37. The Hall–Kier alpha value is 0.580. The van der Waals surface area contributed by atoms with Crippen LogP contribution in [0.15, 0.2) is 0 Å². The molecule has 2 rings (SSSR count). The lowest BCUT2D eigenvalue weighted by molar-refractivity contribution is -0.0358. The van der Waals surface area contributed by atoms with Crippen molar-refractivity contribution in [3.05, 3.63) is 0 Å². The van der Waals surface area contributed by atoms with Gasteiger partial charge in [0.1, 0.15) is 0 Å². The van der Waals surface area contributed by atoms with Gasteiger partial charge in [0.05, 0.1) is 22.4 Å². The van der Waals surface area contributed by atoms with Crippen LogP contribution in [0.25, 0.3) is 0 Å². The summed E-state index contributed by atoms with van der Waals surface area (Å²) < 4.78 is 11.1. The Morgan fingerprint density at radius 2 is 1.82 bits per heavy atom. The van der Waals surface area contributed by atoms with Gasteiger partial charge < -0.3 is 14.6 Å². The molecule has 5 heteroatoms. The summed E-state index contributed by atoms with van der Waals surface area (Å²) in [5, 5.41) is 10.3. The highest BCUT2D eigenvalue weighted by Gasteiger charge is 2.43. The normalized spacial score (nSPS) is 37.9. The summed E-state index contributed by atoms with van der Waals surface area (Å²) in [6.07, 6.45) is 3.68. The molecule has 3 nitrogen and oxygen atoms in total. The second-order valence-corrected chi connectivity index (χ2v) is 8.02. The maximum Gasteiger partial charge on any atom is 0.0855 e. The Balaban J connectivity index is 2.11. The zero-order chi connectivity index (χ0) is 12.3. The van der Waals surface area contributed by atoms with E-state index in [0.29, 0.717) is 0 Å². The minimum atomic E-state index is -0.363. The molecule has 0 radical (unpaired) electrons. The summed E-state index contributed by atoms with van der Waals surface area (Å²) in [5.41, 5.74) is 0. The number of thioether (sulfide) groups is 2. The molecule has 1 spiro atoms. The van der Waals surface area contributed by atoms with E-state index in [9.17, 15) is 5.11 Å². The van der Waals surface area contributed by atoms with Gasteiger partial charge in [-0.1, -0.05) is 0 Å². The number of ether oxygens (including phenoxy) is 2. The zero-order valence-corrected chi connectivity index (χ0v) is 12.2. The fourth-order valence-electron chi connectivity index (χ4n) is 2.67. The molecular weight excluding hydrogens is 256 g/mol. The van der Waals surface area contributed by atoms with Crippen LogP contribution in [0, 0.1) is 0 Å². The molecule has 1 N–H and O–H groups in total. The molecule has 1 heterocycles. The van der Waals surface area contributed by atoms with Gasteiger partial charge in [-0.15, -0.1) is 23.5 Å². The molecule has 1 aliphatic heterocycles. The number of aliphatic hydroxyl groups is 1. The quantitative estimate of drug-likeness (QED) is 0.838. The van der Waals surface area contributed by atoms with Crippen molar-refractivity contribution in [2.75, 3.05) is 25.7 Å². The number of hydrogen-bond donors (Lipinski definition) is 1. The molecule has 17 heavy (non-hydrogen) atoms. The van der Waals surface area contributed by atoms with Gasteiger partial charge in [-0.05, 0) is 30.8 Å². The van der Waals surface area contributed by atoms with Crippen molar-refractivity contribution in [1.82, 2.24) is 0 Å². The first kappa shape index (κ1) is 14.0. The minimum absolute atomic E-state index is 0.0811. The highest BCUT2D eigenvalue weighted by Crippen LogP contribution is 2.51. The third-order valence-corrected chi connectivity index (χ3v) is 7.05. The molecular formula is C12H22O3S2. The predicted molar refractivity (Wildman–Crippen MR) is 73.7 cm³/mol. The van der Waals surface area contributed by atoms with Gasteiger partial charge in [0.25, 0.3) is 0 Å². The number of methoxy groups -OCH3 is 2. The van der Waals surface area contributed by atoms with Crippen LogP contribution in [0.5, 0.6) is 0 Å². The van der Waals surface area contributed by atoms with Crippen molar-refractivity contribution in [1.29, 1.82) is 0 Å². The fraction of sp³-hybridized carbons (Fsp3) is 1.00. The second kappa shape index (κ2) is 6.15. The van der Waals surface area contributed by atoms with Gasteiger partial charge >= 0.3 is 0 Å². The summed E-state index contributed by atoms with van der Waals surface area (Å²) >= 11 is 4.01. The third kappa shape index (κ3) is 3.32. The van der Waals surface area contributed by atoms with Crippen LogP contribution in [-0.4, -0.2) is 53.2 Å². The number of aliphatic hydroxyl groups excluding tert-OH is 1. The highest BCUT2D eigenvalue weighted by atomic mass is 32.2. The second-order valence-electron chi connectivity index (χ2n) is 4.80. The Morgan fingerprint density at radius 3 is 2.41 bits per heavy atom. The van der Waals surface area contributed by atoms with E-state index in [4.69, 9.17) is 9.47 Å². The van der Waals surface area contributed by atoms with E-state index in [1.807, 2.05) is 23.5 Å². The van der Waals surface area contributed by atoms with Gasteiger partial charge in [0.2, 0.25) is 0 Å². The summed E-state index contributed by atoms with van der Waals surface area (Å²) in [6.45, 7) is 0. The van der Waals surface area contributed by atoms with E-state index in [1.165, 1.54) is 17.9 Å². The molecule has 100 valence electrons. The molecule has 0 aromatic rings. The lowest BCUT2D eigenvalue weighted by atomic mass is 10.1. The van der Waals surface area contributed by atoms with Gasteiger partial charge in [-0.2, -0.15) is 0 Å². The first-order valence-electron chi connectivity index (χ1n) is 6.21. The van der Waals surface area contributed by atoms with E-state index in [-0.39, 0.29) is 22.4 Å². The van der Waals surface area contributed by atoms with Crippen LogP contribution >= 0.6 is 23.5 Å². The Labute approximate surface area is 112 Å².